The molecule has 0 aromatic carbocycles. The van der Waals surface area contributed by atoms with Crippen molar-refractivity contribution in [1.82, 2.24) is 5.32 Å². The summed E-state index contributed by atoms with van der Waals surface area (Å²) in [5.41, 5.74) is 7.06. The summed E-state index contributed by atoms with van der Waals surface area (Å²) in [5.74, 6) is 0.819. The van der Waals surface area contributed by atoms with E-state index in [0.29, 0.717) is 5.54 Å². The fourth-order valence-electron chi connectivity index (χ4n) is 3.48. The average molecular weight is 224 g/mol. The highest BCUT2D eigenvalue weighted by Gasteiger charge is 2.38. The molecular formula is C14H28N2. The first-order chi connectivity index (χ1) is 7.58. The van der Waals surface area contributed by atoms with Crippen LogP contribution in [0.4, 0.5) is 0 Å². The molecule has 2 nitrogen and oxygen atoms in total. The van der Waals surface area contributed by atoms with E-state index in [1.165, 1.54) is 51.4 Å². The molecule has 0 radical (unpaired) electrons. The van der Waals surface area contributed by atoms with Crippen molar-refractivity contribution in [2.45, 2.75) is 76.3 Å². The molecule has 2 aliphatic rings. The summed E-state index contributed by atoms with van der Waals surface area (Å²) in [7, 11) is 0. The molecule has 2 heteroatoms. The number of nitrogens with one attached hydrogen (secondary N) is 1. The largest absolute Gasteiger partial charge is 0.324 e. The summed E-state index contributed by atoms with van der Waals surface area (Å²) < 4.78 is 0. The van der Waals surface area contributed by atoms with Crippen molar-refractivity contribution in [3.05, 3.63) is 0 Å². The van der Waals surface area contributed by atoms with Gasteiger partial charge in [-0.3, -0.25) is 0 Å². The molecule has 2 atom stereocenters. The van der Waals surface area contributed by atoms with Gasteiger partial charge < -0.3 is 11.1 Å². The lowest BCUT2D eigenvalue weighted by molar-refractivity contribution is 0.142. The summed E-state index contributed by atoms with van der Waals surface area (Å²) in [6, 6.07) is 0. The number of hydrogen-bond donors (Lipinski definition) is 2. The topological polar surface area (TPSA) is 38.0 Å². The Morgan fingerprint density at radius 3 is 2.50 bits per heavy atom. The molecule has 2 unspecified atom stereocenters. The summed E-state index contributed by atoms with van der Waals surface area (Å²) in [6.45, 7) is 5.68. The lowest BCUT2D eigenvalue weighted by atomic mass is 9.72. The molecule has 0 aliphatic heterocycles. The van der Waals surface area contributed by atoms with Crippen LogP contribution >= 0.6 is 0 Å². The zero-order chi connectivity index (χ0) is 11.6. The van der Waals surface area contributed by atoms with Crippen LogP contribution in [-0.2, 0) is 0 Å². The molecule has 16 heavy (non-hydrogen) atoms. The first-order valence-electron chi connectivity index (χ1n) is 7.11. The van der Waals surface area contributed by atoms with E-state index in [0.717, 1.165) is 12.5 Å². The summed E-state index contributed by atoms with van der Waals surface area (Å²) in [6.07, 6.45) is 10.5. The quantitative estimate of drug-likeness (QED) is 0.770. The van der Waals surface area contributed by atoms with Gasteiger partial charge in [-0.2, -0.15) is 0 Å². The van der Waals surface area contributed by atoms with Gasteiger partial charge in [-0.25, -0.2) is 0 Å². The second-order valence-corrected chi connectivity index (χ2v) is 6.40. The standard InChI is InChI=1S/C14H28N2/c1-3-14(8-5-9-14)16-11-13(15)7-4-6-12(2)10-13/h12,16H,3-11,15H2,1-2H3. The lowest BCUT2D eigenvalue weighted by Crippen LogP contribution is -2.59. The van der Waals surface area contributed by atoms with Crippen molar-refractivity contribution in [3.63, 3.8) is 0 Å². The van der Waals surface area contributed by atoms with E-state index in [9.17, 15) is 0 Å². The molecule has 0 heterocycles. The van der Waals surface area contributed by atoms with Crippen molar-refractivity contribution >= 4 is 0 Å². The molecule has 2 saturated carbocycles. The first kappa shape index (κ1) is 12.4. The average Bonchev–Trinajstić information content (AvgIpc) is 2.16. The van der Waals surface area contributed by atoms with E-state index in [1.54, 1.807) is 0 Å². The minimum absolute atomic E-state index is 0.0788. The fourth-order valence-corrected chi connectivity index (χ4v) is 3.48. The zero-order valence-corrected chi connectivity index (χ0v) is 11.0. The SMILES string of the molecule is CCC1(NCC2(N)CCCC(C)C2)CCC1. The maximum absolute atomic E-state index is 6.53. The van der Waals surface area contributed by atoms with Gasteiger partial charge >= 0.3 is 0 Å². The van der Waals surface area contributed by atoms with Gasteiger partial charge in [-0.15, -0.1) is 0 Å². The van der Waals surface area contributed by atoms with Gasteiger partial charge in [0.15, 0.2) is 0 Å². The zero-order valence-electron chi connectivity index (χ0n) is 11.0. The second-order valence-electron chi connectivity index (χ2n) is 6.40. The van der Waals surface area contributed by atoms with Gasteiger partial charge in [0.2, 0.25) is 0 Å². The maximum atomic E-state index is 6.53. The van der Waals surface area contributed by atoms with Gasteiger partial charge in [-0.05, 0) is 44.4 Å². The van der Waals surface area contributed by atoms with Crippen molar-refractivity contribution in [1.29, 1.82) is 0 Å². The van der Waals surface area contributed by atoms with E-state index in [1.807, 2.05) is 0 Å². The molecule has 0 aromatic rings. The number of hydrogen-bond acceptors (Lipinski definition) is 2. The monoisotopic (exact) mass is 224 g/mol. The maximum Gasteiger partial charge on any atom is 0.0283 e. The van der Waals surface area contributed by atoms with Gasteiger partial charge in [0, 0.05) is 17.6 Å². The minimum Gasteiger partial charge on any atom is -0.324 e. The Balaban J connectivity index is 1.83. The first-order valence-corrected chi connectivity index (χ1v) is 7.11. The van der Waals surface area contributed by atoms with Crippen molar-refractivity contribution in [2.75, 3.05) is 6.54 Å². The highest BCUT2D eigenvalue weighted by Crippen LogP contribution is 2.36. The number of rotatable bonds is 4. The Kier molecular flexibility index (Phi) is 3.60. The van der Waals surface area contributed by atoms with Gasteiger partial charge in [-0.1, -0.05) is 26.7 Å². The van der Waals surface area contributed by atoms with Crippen molar-refractivity contribution in [3.8, 4) is 0 Å². The van der Waals surface area contributed by atoms with E-state index in [2.05, 4.69) is 19.2 Å². The van der Waals surface area contributed by atoms with Gasteiger partial charge in [0.25, 0.3) is 0 Å². The summed E-state index contributed by atoms with van der Waals surface area (Å²) in [5, 5.41) is 3.79. The Morgan fingerprint density at radius 2 is 2.00 bits per heavy atom. The van der Waals surface area contributed by atoms with Crippen LogP contribution in [0.3, 0.4) is 0 Å². The smallest absolute Gasteiger partial charge is 0.0283 e. The third-order valence-corrected chi connectivity index (χ3v) is 4.93. The predicted molar refractivity (Wildman–Crippen MR) is 69.4 cm³/mol. The van der Waals surface area contributed by atoms with Crippen LogP contribution in [0.15, 0.2) is 0 Å². The molecule has 2 aliphatic carbocycles. The van der Waals surface area contributed by atoms with Crippen LogP contribution in [0.1, 0.15) is 65.2 Å². The lowest BCUT2D eigenvalue weighted by Gasteiger charge is -2.46. The molecule has 0 saturated heterocycles. The third kappa shape index (κ3) is 2.60. The van der Waals surface area contributed by atoms with E-state index in [-0.39, 0.29) is 5.54 Å². The molecule has 3 N–H and O–H groups in total. The van der Waals surface area contributed by atoms with Gasteiger partial charge in [0.05, 0.1) is 0 Å². The minimum atomic E-state index is 0.0788. The van der Waals surface area contributed by atoms with Crippen LogP contribution in [0.25, 0.3) is 0 Å². The van der Waals surface area contributed by atoms with Crippen LogP contribution < -0.4 is 11.1 Å². The third-order valence-electron chi connectivity index (χ3n) is 4.93. The highest BCUT2D eigenvalue weighted by atomic mass is 15.0. The molecule has 2 fully saturated rings. The molecular weight excluding hydrogens is 196 g/mol. The molecule has 0 amide bonds. The van der Waals surface area contributed by atoms with Gasteiger partial charge in [0.1, 0.15) is 0 Å². The summed E-state index contributed by atoms with van der Waals surface area (Å²) in [4.78, 5) is 0. The normalized spacial score (nSPS) is 38.1. The Labute approximate surface area is 100 Å². The Morgan fingerprint density at radius 1 is 1.25 bits per heavy atom. The molecule has 0 spiro atoms. The molecule has 0 aromatic heterocycles. The second kappa shape index (κ2) is 4.66. The fraction of sp³-hybridized carbons (Fsp3) is 1.00. The van der Waals surface area contributed by atoms with E-state index < -0.39 is 0 Å². The highest BCUT2D eigenvalue weighted by molar-refractivity contribution is 4.99. The Hall–Kier alpha value is -0.0800. The summed E-state index contributed by atoms with van der Waals surface area (Å²) >= 11 is 0. The number of nitrogens with two attached hydrogens (primary N) is 1. The Bertz CT molecular complexity index is 229. The van der Waals surface area contributed by atoms with Crippen molar-refractivity contribution < 1.29 is 0 Å². The van der Waals surface area contributed by atoms with Crippen molar-refractivity contribution in [2.24, 2.45) is 11.7 Å². The van der Waals surface area contributed by atoms with Crippen LogP contribution in [0, 0.1) is 5.92 Å². The van der Waals surface area contributed by atoms with E-state index in [4.69, 9.17) is 5.73 Å². The molecule has 2 rings (SSSR count). The molecule has 0 bridgehead atoms. The van der Waals surface area contributed by atoms with E-state index >= 15 is 0 Å². The molecule has 94 valence electrons. The predicted octanol–water partition coefficient (Wildman–Crippen LogP) is 2.82. The van der Waals surface area contributed by atoms with Crippen LogP contribution in [0.5, 0.6) is 0 Å². The van der Waals surface area contributed by atoms with Crippen LogP contribution in [0.2, 0.25) is 0 Å². The van der Waals surface area contributed by atoms with Crippen LogP contribution in [-0.4, -0.2) is 17.6 Å².